The van der Waals surface area contributed by atoms with Gasteiger partial charge in [0.25, 0.3) is 0 Å². The fourth-order valence-electron chi connectivity index (χ4n) is 2.63. The second-order valence-corrected chi connectivity index (χ2v) is 6.86. The minimum Gasteiger partial charge on any atom is -0.457 e. The third-order valence-corrected chi connectivity index (χ3v) is 5.05. The molecule has 4 nitrogen and oxygen atoms in total. The van der Waals surface area contributed by atoms with Crippen LogP contribution in [-0.4, -0.2) is 11.5 Å². The molecule has 5 heteroatoms. The molecule has 0 radical (unpaired) electrons. The van der Waals surface area contributed by atoms with Gasteiger partial charge in [0.2, 0.25) is 0 Å². The highest BCUT2D eigenvalue weighted by atomic mass is 32.2. The van der Waals surface area contributed by atoms with Crippen LogP contribution in [0.1, 0.15) is 10.9 Å². The Morgan fingerprint density at radius 2 is 1.77 bits per heavy atom. The fourth-order valence-corrected chi connectivity index (χ4v) is 3.60. The van der Waals surface area contributed by atoms with E-state index in [1.807, 2.05) is 66.9 Å². The van der Waals surface area contributed by atoms with Gasteiger partial charge in [-0.25, -0.2) is 0 Å². The molecule has 0 fully saturated rings. The van der Waals surface area contributed by atoms with Crippen molar-refractivity contribution in [2.75, 3.05) is 11.9 Å². The quantitative estimate of drug-likeness (QED) is 0.635. The number of aromatic nitrogens is 1. The summed E-state index contributed by atoms with van der Waals surface area (Å²) < 4.78 is 5.81. The van der Waals surface area contributed by atoms with Crippen LogP contribution in [-0.2, 0) is 0 Å². The first kappa shape index (κ1) is 16.5. The molecule has 0 amide bonds. The van der Waals surface area contributed by atoms with E-state index < -0.39 is 0 Å². The molecule has 130 valence electrons. The van der Waals surface area contributed by atoms with Gasteiger partial charge in [-0.3, -0.25) is 4.98 Å². The molecular weight excluding hydrogens is 342 g/mol. The minimum absolute atomic E-state index is 0.238. The third-order valence-electron chi connectivity index (χ3n) is 3.97. The molecule has 1 unspecified atom stereocenters. The number of pyridine rings is 1. The van der Waals surface area contributed by atoms with Crippen LogP contribution in [0.3, 0.4) is 0 Å². The van der Waals surface area contributed by atoms with Crippen LogP contribution in [0.25, 0.3) is 0 Å². The topological polar surface area (TPSA) is 46.2 Å². The van der Waals surface area contributed by atoms with Crippen molar-refractivity contribution < 1.29 is 4.74 Å². The van der Waals surface area contributed by atoms with E-state index in [4.69, 9.17) is 4.74 Å². The first-order chi connectivity index (χ1) is 12.9. The molecule has 26 heavy (non-hydrogen) atoms. The van der Waals surface area contributed by atoms with Gasteiger partial charge in [0, 0.05) is 29.3 Å². The fraction of sp³-hybridized carbons (Fsp3) is 0.0952. The molecule has 1 atom stereocenters. The van der Waals surface area contributed by atoms with Crippen molar-refractivity contribution in [3.63, 3.8) is 0 Å². The monoisotopic (exact) mass is 361 g/mol. The highest BCUT2D eigenvalue weighted by Crippen LogP contribution is 2.33. The van der Waals surface area contributed by atoms with Crippen molar-refractivity contribution in [2.45, 2.75) is 5.37 Å². The standard InChI is InChI=1S/C21H19N3OS/c1-2-6-19(7-3-1)25-20-10-8-17(9-11-20)23-14-18-15-26-21(24-18)16-5-4-12-22-13-16/h1-13,15,21,23-24H,14H2. The van der Waals surface area contributed by atoms with Gasteiger partial charge in [-0.05, 0) is 47.9 Å². The number of anilines is 1. The van der Waals surface area contributed by atoms with Crippen LogP contribution in [0, 0.1) is 0 Å². The lowest BCUT2D eigenvalue weighted by molar-refractivity contribution is 0.483. The number of hydrogen-bond acceptors (Lipinski definition) is 5. The first-order valence-corrected chi connectivity index (χ1v) is 9.39. The van der Waals surface area contributed by atoms with E-state index in [1.165, 1.54) is 11.3 Å². The summed E-state index contributed by atoms with van der Waals surface area (Å²) in [4.78, 5) is 4.18. The molecular formula is C21H19N3OS. The SMILES string of the molecule is C1=C(CNc2ccc(Oc3ccccc3)cc2)NC(c2cccnc2)S1. The Morgan fingerprint density at radius 3 is 2.54 bits per heavy atom. The summed E-state index contributed by atoms with van der Waals surface area (Å²) in [5, 5.41) is 9.36. The van der Waals surface area contributed by atoms with E-state index in [0.717, 1.165) is 23.7 Å². The summed E-state index contributed by atoms with van der Waals surface area (Å²) in [6, 6.07) is 21.8. The molecule has 0 bridgehead atoms. The molecule has 2 N–H and O–H groups in total. The van der Waals surface area contributed by atoms with Crippen LogP contribution < -0.4 is 15.4 Å². The predicted molar refractivity (Wildman–Crippen MR) is 107 cm³/mol. The van der Waals surface area contributed by atoms with Crippen molar-refractivity contribution in [3.8, 4) is 11.5 Å². The van der Waals surface area contributed by atoms with E-state index in [9.17, 15) is 0 Å². The molecule has 3 aromatic rings. The zero-order valence-electron chi connectivity index (χ0n) is 14.1. The maximum Gasteiger partial charge on any atom is 0.127 e. The van der Waals surface area contributed by atoms with Gasteiger partial charge in [0.05, 0.1) is 6.54 Å². The van der Waals surface area contributed by atoms with Crippen LogP contribution in [0.5, 0.6) is 11.5 Å². The van der Waals surface area contributed by atoms with Crippen molar-refractivity contribution in [3.05, 3.63) is 95.8 Å². The van der Waals surface area contributed by atoms with E-state index in [2.05, 4.69) is 27.1 Å². The summed E-state index contributed by atoms with van der Waals surface area (Å²) in [5.74, 6) is 1.67. The maximum atomic E-state index is 5.81. The Balaban J connectivity index is 1.29. The maximum absolute atomic E-state index is 5.81. The van der Waals surface area contributed by atoms with E-state index in [-0.39, 0.29) is 5.37 Å². The highest BCUT2D eigenvalue weighted by Gasteiger charge is 2.18. The number of nitrogens with one attached hydrogen (secondary N) is 2. The molecule has 1 aliphatic rings. The highest BCUT2D eigenvalue weighted by molar-refractivity contribution is 8.02. The summed E-state index contributed by atoms with van der Waals surface area (Å²) in [6.07, 6.45) is 3.70. The number of benzene rings is 2. The number of nitrogens with zero attached hydrogens (tertiary/aromatic N) is 1. The molecule has 0 aliphatic carbocycles. The van der Waals surface area contributed by atoms with E-state index in [1.54, 1.807) is 18.0 Å². The second kappa shape index (κ2) is 7.97. The number of thioether (sulfide) groups is 1. The molecule has 4 rings (SSSR count). The van der Waals surface area contributed by atoms with Gasteiger partial charge >= 0.3 is 0 Å². The summed E-state index contributed by atoms with van der Waals surface area (Å²) in [5.41, 5.74) is 3.42. The molecule has 1 aromatic heterocycles. The van der Waals surface area contributed by atoms with Gasteiger partial charge in [0.1, 0.15) is 16.9 Å². The number of hydrogen-bond donors (Lipinski definition) is 2. The normalized spacial score (nSPS) is 15.8. The van der Waals surface area contributed by atoms with Crippen LogP contribution in [0.2, 0.25) is 0 Å². The Labute approximate surface area is 157 Å². The third kappa shape index (κ3) is 4.18. The molecule has 0 saturated carbocycles. The van der Waals surface area contributed by atoms with Crippen LogP contribution in [0.15, 0.2) is 90.2 Å². The van der Waals surface area contributed by atoms with Gasteiger partial charge in [0.15, 0.2) is 0 Å². The van der Waals surface area contributed by atoms with Crippen molar-refractivity contribution >= 4 is 17.4 Å². The zero-order chi connectivity index (χ0) is 17.6. The van der Waals surface area contributed by atoms with Crippen LogP contribution in [0.4, 0.5) is 5.69 Å². The van der Waals surface area contributed by atoms with Gasteiger partial charge in [-0.2, -0.15) is 0 Å². The van der Waals surface area contributed by atoms with Crippen molar-refractivity contribution in [2.24, 2.45) is 0 Å². The summed E-state index contributed by atoms with van der Waals surface area (Å²) in [7, 11) is 0. The molecule has 2 heterocycles. The predicted octanol–water partition coefficient (Wildman–Crippen LogP) is 5.16. The summed E-state index contributed by atoms with van der Waals surface area (Å²) in [6.45, 7) is 0.753. The van der Waals surface area contributed by atoms with Crippen LogP contribution >= 0.6 is 11.8 Å². The van der Waals surface area contributed by atoms with Crippen molar-refractivity contribution in [1.29, 1.82) is 0 Å². The van der Waals surface area contributed by atoms with E-state index in [0.29, 0.717) is 0 Å². The lowest BCUT2D eigenvalue weighted by Gasteiger charge is -2.14. The van der Waals surface area contributed by atoms with Gasteiger partial charge in [-0.1, -0.05) is 24.3 Å². The number of ether oxygens (including phenoxy) is 1. The zero-order valence-corrected chi connectivity index (χ0v) is 14.9. The Kier molecular flexibility index (Phi) is 5.07. The smallest absolute Gasteiger partial charge is 0.127 e. The van der Waals surface area contributed by atoms with E-state index >= 15 is 0 Å². The first-order valence-electron chi connectivity index (χ1n) is 8.45. The Bertz CT molecular complexity index is 867. The number of rotatable bonds is 6. The van der Waals surface area contributed by atoms with Crippen molar-refractivity contribution in [1.82, 2.24) is 10.3 Å². The largest absolute Gasteiger partial charge is 0.457 e. The van der Waals surface area contributed by atoms with Gasteiger partial charge in [-0.15, -0.1) is 11.8 Å². The molecule has 1 aliphatic heterocycles. The lowest BCUT2D eigenvalue weighted by Crippen LogP contribution is -2.18. The Hall–Kier alpha value is -2.92. The Morgan fingerprint density at radius 1 is 0.962 bits per heavy atom. The second-order valence-electron chi connectivity index (χ2n) is 5.88. The number of para-hydroxylation sites is 1. The molecule has 0 saturated heterocycles. The minimum atomic E-state index is 0.238. The molecule has 0 spiro atoms. The summed E-state index contributed by atoms with van der Waals surface area (Å²) >= 11 is 1.77. The molecule has 2 aromatic carbocycles. The lowest BCUT2D eigenvalue weighted by atomic mass is 10.2. The average Bonchev–Trinajstić information content (AvgIpc) is 3.18. The average molecular weight is 361 g/mol. The van der Waals surface area contributed by atoms with Gasteiger partial charge < -0.3 is 15.4 Å².